The van der Waals surface area contributed by atoms with Gasteiger partial charge in [-0.15, -0.1) is 0 Å². The lowest BCUT2D eigenvalue weighted by molar-refractivity contribution is 0.332. The Labute approximate surface area is 115 Å². The largest absolute Gasteiger partial charge is 0.313 e. The zero-order valence-electron chi connectivity index (χ0n) is 11.7. The summed E-state index contributed by atoms with van der Waals surface area (Å²) < 4.78 is 13.0. The maximum atomic E-state index is 13.0. The van der Waals surface area contributed by atoms with Crippen molar-refractivity contribution in [1.82, 2.24) is 5.32 Å². The third-order valence-corrected chi connectivity index (χ3v) is 4.87. The molecule has 0 heterocycles. The van der Waals surface area contributed by atoms with E-state index >= 15 is 0 Å². The highest BCUT2D eigenvalue weighted by atomic mass is 19.1. The van der Waals surface area contributed by atoms with E-state index in [0.29, 0.717) is 6.04 Å². The summed E-state index contributed by atoms with van der Waals surface area (Å²) in [5, 5.41) is 3.72. The molecule has 1 aromatic rings. The van der Waals surface area contributed by atoms with Gasteiger partial charge in [-0.25, -0.2) is 4.39 Å². The summed E-state index contributed by atoms with van der Waals surface area (Å²) in [7, 11) is 0. The fraction of sp³-hybridized carbons (Fsp3) is 0.647. The van der Waals surface area contributed by atoms with Gasteiger partial charge in [-0.2, -0.15) is 0 Å². The molecule has 2 aliphatic rings. The molecule has 19 heavy (non-hydrogen) atoms. The van der Waals surface area contributed by atoms with Crippen LogP contribution < -0.4 is 5.32 Å². The summed E-state index contributed by atoms with van der Waals surface area (Å²) in [6.45, 7) is 3.31. The van der Waals surface area contributed by atoms with E-state index in [1.807, 2.05) is 12.1 Å². The van der Waals surface area contributed by atoms with Crippen molar-refractivity contribution in [2.45, 2.75) is 45.1 Å². The van der Waals surface area contributed by atoms with Crippen molar-refractivity contribution in [2.75, 3.05) is 6.54 Å². The number of hydrogen-bond donors (Lipinski definition) is 1. The SMILES string of the molecule is CCCNC(Cc1ccc(F)cc1)C1CC2CC2C1. The lowest BCUT2D eigenvalue weighted by Gasteiger charge is -2.26. The summed E-state index contributed by atoms with van der Waals surface area (Å²) in [4.78, 5) is 0. The molecule has 0 spiro atoms. The van der Waals surface area contributed by atoms with E-state index in [1.165, 1.54) is 31.2 Å². The second kappa shape index (κ2) is 5.62. The summed E-state index contributed by atoms with van der Waals surface area (Å²) in [5.41, 5.74) is 1.26. The molecule has 1 nitrogen and oxygen atoms in total. The third-order valence-electron chi connectivity index (χ3n) is 4.87. The first-order chi connectivity index (χ1) is 9.26. The molecule has 0 aliphatic heterocycles. The third kappa shape index (κ3) is 3.17. The van der Waals surface area contributed by atoms with Gasteiger partial charge in [0.2, 0.25) is 0 Å². The summed E-state index contributed by atoms with van der Waals surface area (Å²) in [6, 6.07) is 7.62. The molecular formula is C17H24FN. The smallest absolute Gasteiger partial charge is 0.123 e. The molecule has 0 amide bonds. The number of rotatable bonds is 6. The van der Waals surface area contributed by atoms with Crippen LogP contribution in [0.4, 0.5) is 4.39 Å². The standard InChI is InChI=1S/C17H24FN/c1-2-7-19-17(15-10-13-9-14(13)11-15)8-12-3-5-16(18)6-4-12/h3-6,13-15,17,19H,2,7-11H2,1H3. The van der Waals surface area contributed by atoms with Crippen molar-refractivity contribution in [2.24, 2.45) is 17.8 Å². The Balaban J connectivity index is 1.62. The van der Waals surface area contributed by atoms with Crippen LogP contribution in [0.3, 0.4) is 0 Å². The number of nitrogens with one attached hydrogen (secondary N) is 1. The van der Waals surface area contributed by atoms with Crippen LogP contribution in [0.2, 0.25) is 0 Å². The van der Waals surface area contributed by atoms with Gasteiger partial charge < -0.3 is 5.32 Å². The van der Waals surface area contributed by atoms with E-state index in [-0.39, 0.29) is 5.82 Å². The maximum absolute atomic E-state index is 13.0. The fourth-order valence-corrected chi connectivity index (χ4v) is 3.70. The first-order valence-corrected chi connectivity index (χ1v) is 7.74. The van der Waals surface area contributed by atoms with Gasteiger partial charge in [0.05, 0.1) is 0 Å². The molecule has 0 saturated heterocycles. The van der Waals surface area contributed by atoms with Crippen LogP contribution in [0.15, 0.2) is 24.3 Å². The zero-order chi connectivity index (χ0) is 13.2. The normalized spacial score (nSPS) is 30.1. The van der Waals surface area contributed by atoms with Crippen LogP contribution >= 0.6 is 0 Å². The van der Waals surface area contributed by atoms with Crippen LogP contribution in [0.1, 0.15) is 38.2 Å². The lowest BCUT2D eigenvalue weighted by atomic mass is 9.89. The van der Waals surface area contributed by atoms with Crippen molar-refractivity contribution in [1.29, 1.82) is 0 Å². The van der Waals surface area contributed by atoms with Gasteiger partial charge in [-0.05, 0) is 74.1 Å². The lowest BCUT2D eigenvalue weighted by Crippen LogP contribution is -2.38. The Bertz CT molecular complexity index is 404. The van der Waals surface area contributed by atoms with E-state index in [4.69, 9.17) is 0 Å². The van der Waals surface area contributed by atoms with Gasteiger partial charge in [0, 0.05) is 6.04 Å². The summed E-state index contributed by atoms with van der Waals surface area (Å²) in [6.07, 6.45) is 6.53. The van der Waals surface area contributed by atoms with Crippen LogP contribution in [-0.4, -0.2) is 12.6 Å². The molecule has 1 N–H and O–H groups in total. The number of benzene rings is 1. The van der Waals surface area contributed by atoms with Gasteiger partial charge in [-0.1, -0.05) is 19.1 Å². The van der Waals surface area contributed by atoms with Crippen molar-refractivity contribution in [3.05, 3.63) is 35.6 Å². The van der Waals surface area contributed by atoms with Crippen molar-refractivity contribution >= 4 is 0 Å². The Morgan fingerprint density at radius 2 is 1.84 bits per heavy atom. The average Bonchev–Trinajstić information content (AvgIpc) is 3.03. The highest BCUT2D eigenvalue weighted by Gasteiger charge is 2.47. The predicted molar refractivity (Wildman–Crippen MR) is 76.5 cm³/mol. The molecule has 2 fully saturated rings. The van der Waals surface area contributed by atoms with Crippen molar-refractivity contribution in [3.63, 3.8) is 0 Å². The molecular weight excluding hydrogens is 237 g/mol. The minimum Gasteiger partial charge on any atom is -0.313 e. The average molecular weight is 261 g/mol. The summed E-state index contributed by atoms with van der Waals surface area (Å²) >= 11 is 0. The van der Waals surface area contributed by atoms with Crippen LogP contribution in [0.25, 0.3) is 0 Å². The molecule has 2 saturated carbocycles. The van der Waals surface area contributed by atoms with Crippen LogP contribution in [0.5, 0.6) is 0 Å². The van der Waals surface area contributed by atoms with Gasteiger partial charge in [0.15, 0.2) is 0 Å². The molecule has 1 aromatic carbocycles. The van der Waals surface area contributed by atoms with Crippen LogP contribution in [-0.2, 0) is 6.42 Å². The monoisotopic (exact) mass is 261 g/mol. The first-order valence-electron chi connectivity index (χ1n) is 7.74. The molecule has 0 aromatic heterocycles. The molecule has 3 rings (SSSR count). The quantitative estimate of drug-likeness (QED) is 0.821. The van der Waals surface area contributed by atoms with Gasteiger partial charge in [-0.3, -0.25) is 0 Å². The Kier molecular flexibility index (Phi) is 3.88. The Morgan fingerprint density at radius 1 is 1.16 bits per heavy atom. The van der Waals surface area contributed by atoms with E-state index in [1.54, 1.807) is 12.1 Å². The topological polar surface area (TPSA) is 12.0 Å². The fourth-order valence-electron chi connectivity index (χ4n) is 3.70. The number of halogens is 1. The van der Waals surface area contributed by atoms with Gasteiger partial charge in [0.25, 0.3) is 0 Å². The first kappa shape index (κ1) is 13.1. The molecule has 3 atom stereocenters. The molecule has 0 radical (unpaired) electrons. The Morgan fingerprint density at radius 3 is 2.47 bits per heavy atom. The van der Waals surface area contributed by atoms with E-state index < -0.39 is 0 Å². The Hall–Kier alpha value is -0.890. The highest BCUT2D eigenvalue weighted by Crippen LogP contribution is 2.55. The minimum absolute atomic E-state index is 0.135. The molecule has 3 unspecified atom stereocenters. The second-order valence-corrected chi connectivity index (χ2v) is 6.38. The highest BCUT2D eigenvalue weighted by molar-refractivity contribution is 5.18. The van der Waals surface area contributed by atoms with E-state index in [2.05, 4.69) is 12.2 Å². The summed E-state index contributed by atoms with van der Waals surface area (Å²) in [5.74, 6) is 2.76. The van der Waals surface area contributed by atoms with E-state index in [0.717, 1.165) is 30.7 Å². The minimum atomic E-state index is -0.135. The molecule has 2 heteroatoms. The molecule has 2 aliphatic carbocycles. The van der Waals surface area contributed by atoms with Crippen molar-refractivity contribution in [3.8, 4) is 0 Å². The van der Waals surface area contributed by atoms with Crippen molar-refractivity contribution < 1.29 is 4.39 Å². The van der Waals surface area contributed by atoms with Crippen LogP contribution in [0, 0.1) is 23.6 Å². The second-order valence-electron chi connectivity index (χ2n) is 6.38. The van der Waals surface area contributed by atoms with E-state index in [9.17, 15) is 4.39 Å². The predicted octanol–water partition coefficient (Wildman–Crippen LogP) is 3.78. The number of fused-ring (bicyclic) bond motifs is 1. The zero-order valence-corrected chi connectivity index (χ0v) is 11.7. The van der Waals surface area contributed by atoms with Gasteiger partial charge >= 0.3 is 0 Å². The molecule has 0 bridgehead atoms. The maximum Gasteiger partial charge on any atom is 0.123 e. The molecule has 104 valence electrons. The van der Waals surface area contributed by atoms with Gasteiger partial charge in [0.1, 0.15) is 5.82 Å². The number of hydrogen-bond acceptors (Lipinski definition) is 1.